The zero-order valence-electron chi connectivity index (χ0n) is 31.1. The van der Waals surface area contributed by atoms with Crippen LogP contribution in [0.1, 0.15) is 33.4 Å². The van der Waals surface area contributed by atoms with Gasteiger partial charge < -0.3 is 9.80 Å². The van der Waals surface area contributed by atoms with Crippen LogP contribution in [-0.2, 0) is 0 Å². The summed E-state index contributed by atoms with van der Waals surface area (Å²) >= 11 is 0. The minimum atomic E-state index is 1.03. The van der Waals surface area contributed by atoms with Gasteiger partial charge in [-0.2, -0.15) is 0 Å². The lowest BCUT2D eigenvalue weighted by molar-refractivity contribution is 1.25. The third-order valence-electron chi connectivity index (χ3n) is 9.76. The van der Waals surface area contributed by atoms with Crippen molar-refractivity contribution < 1.29 is 0 Å². The summed E-state index contributed by atoms with van der Waals surface area (Å²) in [5.74, 6) is 0. The molecule has 0 heterocycles. The lowest BCUT2D eigenvalue weighted by Crippen LogP contribution is -2.13. The van der Waals surface area contributed by atoms with Gasteiger partial charge in [0.2, 0.25) is 0 Å². The molecular formula is C54H42N2. The maximum atomic E-state index is 2.29. The molecule has 0 saturated heterocycles. The SMILES string of the molecule is C(=C(c1ccccc1)c1ccccc1)N(C=C(c1ccccc1)c1ccccc1)c1ccc(N(C=C(c2ccccc2)c2ccccc2)c2ccccc2)cc1. The molecule has 0 aliphatic carbocycles. The van der Waals surface area contributed by atoms with Gasteiger partial charge in [0.1, 0.15) is 0 Å². The topological polar surface area (TPSA) is 6.48 Å². The fourth-order valence-corrected chi connectivity index (χ4v) is 6.92. The standard InChI is InChI=1S/C54H42N2/c1-8-22-43(23-9-1)52(44-24-10-2-11-25-44)40-55(41-53(45-26-12-3-13-27-45)46-28-14-4-15-29-46)49-36-38-51(39-37-49)56(50-34-20-7-21-35-50)42-54(47-30-16-5-17-31-47)48-32-18-6-19-33-48/h1-42H. The van der Waals surface area contributed by atoms with E-state index in [1.54, 1.807) is 0 Å². The van der Waals surface area contributed by atoms with E-state index in [4.69, 9.17) is 0 Å². The number of rotatable bonds is 12. The largest absolute Gasteiger partial charge is 0.323 e. The van der Waals surface area contributed by atoms with Crippen molar-refractivity contribution in [1.82, 2.24) is 0 Å². The zero-order valence-corrected chi connectivity index (χ0v) is 31.1. The average molecular weight is 719 g/mol. The molecule has 56 heavy (non-hydrogen) atoms. The molecule has 0 amide bonds. The first-order chi connectivity index (χ1) is 27.8. The van der Waals surface area contributed by atoms with Crippen molar-refractivity contribution in [2.75, 3.05) is 9.80 Å². The first-order valence-corrected chi connectivity index (χ1v) is 19.0. The number of hydrogen-bond acceptors (Lipinski definition) is 2. The lowest BCUT2D eigenvalue weighted by atomic mass is 9.97. The Labute approximate surface area is 330 Å². The van der Waals surface area contributed by atoms with E-state index in [-0.39, 0.29) is 0 Å². The Balaban J connectivity index is 1.30. The zero-order chi connectivity index (χ0) is 37.8. The smallest absolute Gasteiger partial charge is 0.0457 e. The van der Waals surface area contributed by atoms with Crippen LogP contribution >= 0.6 is 0 Å². The number of para-hydroxylation sites is 1. The number of anilines is 3. The Morgan fingerprint density at radius 3 is 0.768 bits per heavy atom. The van der Waals surface area contributed by atoms with E-state index in [1.807, 2.05) is 0 Å². The minimum absolute atomic E-state index is 1.03. The Kier molecular flexibility index (Phi) is 11.2. The molecule has 0 fully saturated rings. The van der Waals surface area contributed by atoms with Crippen LogP contribution in [0.3, 0.4) is 0 Å². The molecule has 0 N–H and O–H groups in total. The van der Waals surface area contributed by atoms with Crippen molar-refractivity contribution in [1.29, 1.82) is 0 Å². The van der Waals surface area contributed by atoms with Crippen LogP contribution in [0.15, 0.2) is 255 Å². The second kappa shape index (κ2) is 17.6. The molecule has 0 atom stereocenters. The molecule has 0 bridgehead atoms. The fourth-order valence-electron chi connectivity index (χ4n) is 6.92. The van der Waals surface area contributed by atoms with Gasteiger partial charge >= 0.3 is 0 Å². The van der Waals surface area contributed by atoms with E-state index in [2.05, 4.69) is 265 Å². The molecular weight excluding hydrogens is 677 g/mol. The summed E-state index contributed by atoms with van der Waals surface area (Å²) in [6, 6.07) is 83.2. The van der Waals surface area contributed by atoms with Crippen molar-refractivity contribution in [3.05, 3.63) is 289 Å². The molecule has 2 nitrogen and oxygen atoms in total. The highest BCUT2D eigenvalue weighted by Crippen LogP contribution is 2.35. The number of hydrogen-bond donors (Lipinski definition) is 0. The van der Waals surface area contributed by atoms with Gasteiger partial charge in [-0.15, -0.1) is 0 Å². The molecule has 268 valence electrons. The van der Waals surface area contributed by atoms with Crippen molar-refractivity contribution in [2.24, 2.45) is 0 Å². The van der Waals surface area contributed by atoms with Gasteiger partial charge in [-0.3, -0.25) is 0 Å². The highest BCUT2D eigenvalue weighted by Gasteiger charge is 2.15. The summed E-state index contributed by atoms with van der Waals surface area (Å²) in [7, 11) is 0. The van der Waals surface area contributed by atoms with E-state index in [0.717, 1.165) is 67.2 Å². The van der Waals surface area contributed by atoms with E-state index in [0.29, 0.717) is 0 Å². The Morgan fingerprint density at radius 1 is 0.232 bits per heavy atom. The third kappa shape index (κ3) is 8.52. The minimum Gasteiger partial charge on any atom is -0.323 e. The fraction of sp³-hybridized carbons (Fsp3) is 0. The van der Waals surface area contributed by atoms with Crippen LogP contribution in [0.5, 0.6) is 0 Å². The van der Waals surface area contributed by atoms with E-state index in [1.165, 1.54) is 0 Å². The van der Waals surface area contributed by atoms with Crippen molar-refractivity contribution in [3.8, 4) is 0 Å². The van der Waals surface area contributed by atoms with Crippen LogP contribution in [0.4, 0.5) is 17.1 Å². The van der Waals surface area contributed by atoms with Gasteiger partial charge in [-0.05, 0) is 69.8 Å². The summed E-state index contributed by atoms with van der Waals surface area (Å²) in [4.78, 5) is 4.56. The van der Waals surface area contributed by atoms with Gasteiger partial charge in [0, 0.05) is 52.4 Å². The van der Waals surface area contributed by atoms with Crippen LogP contribution in [0.25, 0.3) is 16.7 Å². The van der Waals surface area contributed by atoms with E-state index >= 15 is 0 Å². The summed E-state index contributed by atoms with van der Waals surface area (Å²) < 4.78 is 0. The van der Waals surface area contributed by atoms with Crippen LogP contribution < -0.4 is 9.80 Å². The highest BCUT2D eigenvalue weighted by molar-refractivity contribution is 5.87. The van der Waals surface area contributed by atoms with Crippen molar-refractivity contribution >= 4 is 33.8 Å². The Hall–Kier alpha value is -7.42. The third-order valence-corrected chi connectivity index (χ3v) is 9.76. The lowest BCUT2D eigenvalue weighted by Gasteiger charge is -2.25. The molecule has 8 aromatic rings. The quantitative estimate of drug-likeness (QED) is 0.124. The first kappa shape index (κ1) is 35.6. The second-order valence-electron chi connectivity index (χ2n) is 13.5. The molecule has 0 unspecified atom stereocenters. The molecule has 0 aromatic heterocycles. The molecule has 2 heteroatoms. The van der Waals surface area contributed by atoms with Crippen molar-refractivity contribution in [2.45, 2.75) is 0 Å². The molecule has 0 aliphatic rings. The summed E-state index contributed by atoms with van der Waals surface area (Å²) in [6.45, 7) is 0. The monoisotopic (exact) mass is 718 g/mol. The predicted octanol–water partition coefficient (Wildman–Crippen LogP) is 13.9. The molecule has 8 rings (SSSR count). The molecule has 0 spiro atoms. The normalized spacial score (nSPS) is 10.5. The summed E-state index contributed by atoms with van der Waals surface area (Å²) in [6.07, 6.45) is 6.80. The molecule has 0 radical (unpaired) electrons. The van der Waals surface area contributed by atoms with E-state index < -0.39 is 0 Å². The van der Waals surface area contributed by atoms with E-state index in [9.17, 15) is 0 Å². The van der Waals surface area contributed by atoms with Crippen molar-refractivity contribution in [3.63, 3.8) is 0 Å². The van der Waals surface area contributed by atoms with Crippen LogP contribution in [0.2, 0.25) is 0 Å². The van der Waals surface area contributed by atoms with Gasteiger partial charge in [0.25, 0.3) is 0 Å². The molecule has 0 aliphatic heterocycles. The number of nitrogens with zero attached hydrogens (tertiary/aromatic N) is 2. The molecule has 0 saturated carbocycles. The predicted molar refractivity (Wildman–Crippen MR) is 237 cm³/mol. The summed E-state index contributed by atoms with van der Waals surface area (Å²) in [5.41, 5.74) is 13.4. The maximum Gasteiger partial charge on any atom is 0.0457 e. The maximum absolute atomic E-state index is 2.29. The van der Waals surface area contributed by atoms with Crippen LogP contribution in [-0.4, -0.2) is 0 Å². The Morgan fingerprint density at radius 2 is 0.464 bits per heavy atom. The second-order valence-corrected chi connectivity index (χ2v) is 13.5. The average Bonchev–Trinajstić information content (AvgIpc) is 3.29. The summed E-state index contributed by atoms with van der Waals surface area (Å²) in [5, 5.41) is 0. The van der Waals surface area contributed by atoms with Crippen LogP contribution in [0, 0.1) is 0 Å². The Bertz CT molecular complexity index is 2290. The van der Waals surface area contributed by atoms with Gasteiger partial charge in [0.15, 0.2) is 0 Å². The van der Waals surface area contributed by atoms with Gasteiger partial charge in [-0.1, -0.05) is 200 Å². The van der Waals surface area contributed by atoms with Gasteiger partial charge in [0.05, 0.1) is 0 Å². The molecule has 8 aromatic carbocycles. The first-order valence-electron chi connectivity index (χ1n) is 19.0. The number of benzene rings is 8. The van der Waals surface area contributed by atoms with Gasteiger partial charge in [-0.25, -0.2) is 0 Å². The highest BCUT2D eigenvalue weighted by atomic mass is 15.1.